The SMILES string of the molecule is CC1=CC[C@@H](C(=O)N(c2cc(C#CC(C)(C)C)sc2C(=O)O)[C@H]2CC[C@](O)(CO[C@H]3CCOC3)CC2)CC1. The summed E-state index contributed by atoms with van der Waals surface area (Å²) in [5.74, 6) is 5.05. The third-order valence-electron chi connectivity index (χ3n) is 7.68. The number of nitrogens with zero attached hydrogens (tertiary/aromatic N) is 1. The van der Waals surface area contributed by atoms with Crippen LogP contribution in [-0.4, -0.2) is 59.7 Å². The number of carbonyl (C=O) groups excluding carboxylic acids is 1. The van der Waals surface area contributed by atoms with E-state index in [0.29, 0.717) is 55.9 Å². The molecule has 7 nitrogen and oxygen atoms in total. The molecule has 208 valence electrons. The molecule has 0 radical (unpaired) electrons. The van der Waals surface area contributed by atoms with Crippen LogP contribution in [0.1, 0.15) is 93.6 Å². The van der Waals surface area contributed by atoms with Gasteiger partial charge in [0.2, 0.25) is 5.91 Å². The number of ether oxygens (including phenoxy) is 2. The summed E-state index contributed by atoms with van der Waals surface area (Å²) in [6.07, 6.45) is 7.41. The number of hydrogen-bond acceptors (Lipinski definition) is 6. The summed E-state index contributed by atoms with van der Waals surface area (Å²) in [6.45, 7) is 9.61. The molecule has 1 aromatic rings. The van der Waals surface area contributed by atoms with Gasteiger partial charge in [-0.3, -0.25) is 4.79 Å². The monoisotopic (exact) mass is 543 g/mol. The van der Waals surface area contributed by atoms with Crippen molar-refractivity contribution >= 4 is 28.9 Å². The van der Waals surface area contributed by atoms with E-state index in [4.69, 9.17) is 9.47 Å². The molecule has 3 aliphatic rings. The van der Waals surface area contributed by atoms with E-state index >= 15 is 0 Å². The quantitative estimate of drug-likeness (QED) is 0.353. The van der Waals surface area contributed by atoms with E-state index in [1.54, 1.807) is 11.0 Å². The molecule has 1 saturated carbocycles. The molecule has 2 atom stereocenters. The van der Waals surface area contributed by atoms with Crippen molar-refractivity contribution in [1.29, 1.82) is 0 Å². The van der Waals surface area contributed by atoms with Crippen LogP contribution in [0.25, 0.3) is 0 Å². The molecule has 0 bridgehead atoms. The fraction of sp³-hybridized carbons (Fsp3) is 0.667. The Hall–Kier alpha value is -2.18. The molecule has 2 fully saturated rings. The summed E-state index contributed by atoms with van der Waals surface area (Å²) in [5.41, 5.74) is 0.548. The van der Waals surface area contributed by atoms with Crippen LogP contribution in [0, 0.1) is 23.2 Å². The molecule has 1 saturated heterocycles. The van der Waals surface area contributed by atoms with E-state index in [1.165, 1.54) is 5.57 Å². The topological polar surface area (TPSA) is 96.3 Å². The highest BCUT2D eigenvalue weighted by atomic mass is 32.1. The lowest BCUT2D eigenvalue weighted by molar-refractivity contribution is -0.124. The first-order valence-corrected chi connectivity index (χ1v) is 14.6. The van der Waals surface area contributed by atoms with Gasteiger partial charge in [-0.25, -0.2) is 4.79 Å². The maximum atomic E-state index is 14.0. The van der Waals surface area contributed by atoms with Crippen molar-refractivity contribution in [3.05, 3.63) is 27.5 Å². The number of anilines is 1. The van der Waals surface area contributed by atoms with Gasteiger partial charge in [-0.2, -0.15) is 0 Å². The van der Waals surface area contributed by atoms with Crippen molar-refractivity contribution in [3.63, 3.8) is 0 Å². The maximum absolute atomic E-state index is 14.0. The average Bonchev–Trinajstić information content (AvgIpc) is 3.53. The van der Waals surface area contributed by atoms with Crippen molar-refractivity contribution in [1.82, 2.24) is 0 Å². The van der Waals surface area contributed by atoms with Gasteiger partial charge in [0.15, 0.2) is 0 Å². The van der Waals surface area contributed by atoms with Crippen LogP contribution in [-0.2, 0) is 14.3 Å². The zero-order valence-electron chi connectivity index (χ0n) is 23.0. The van der Waals surface area contributed by atoms with Gasteiger partial charge in [0.25, 0.3) is 0 Å². The van der Waals surface area contributed by atoms with Gasteiger partial charge >= 0.3 is 5.97 Å². The highest BCUT2D eigenvalue weighted by Crippen LogP contribution is 2.40. The normalized spacial score (nSPS) is 27.8. The number of aromatic carboxylic acids is 1. The van der Waals surface area contributed by atoms with E-state index in [2.05, 4.69) is 24.8 Å². The average molecular weight is 544 g/mol. The summed E-state index contributed by atoms with van der Waals surface area (Å²) in [5, 5.41) is 21.3. The molecule has 2 N–H and O–H groups in total. The van der Waals surface area contributed by atoms with E-state index < -0.39 is 11.6 Å². The minimum atomic E-state index is -1.05. The summed E-state index contributed by atoms with van der Waals surface area (Å²) < 4.78 is 11.3. The molecule has 2 aliphatic carbocycles. The van der Waals surface area contributed by atoms with Gasteiger partial charge in [-0.15, -0.1) is 11.3 Å². The number of aliphatic hydroxyl groups is 1. The predicted molar refractivity (Wildman–Crippen MR) is 149 cm³/mol. The summed E-state index contributed by atoms with van der Waals surface area (Å²) >= 11 is 1.13. The number of carboxylic acid groups (broad SMARTS) is 1. The molecule has 4 rings (SSSR count). The van der Waals surface area contributed by atoms with Crippen molar-refractivity contribution in [2.75, 3.05) is 24.7 Å². The lowest BCUT2D eigenvalue weighted by Crippen LogP contribution is -2.50. The predicted octanol–water partition coefficient (Wildman–Crippen LogP) is 5.40. The lowest BCUT2D eigenvalue weighted by Gasteiger charge is -2.42. The van der Waals surface area contributed by atoms with Crippen LogP contribution in [0.3, 0.4) is 0 Å². The molecule has 1 amide bonds. The molecular formula is C30H41NO6S. The Kier molecular flexibility index (Phi) is 9.03. The Morgan fingerprint density at radius 3 is 2.55 bits per heavy atom. The fourth-order valence-electron chi connectivity index (χ4n) is 5.37. The Balaban J connectivity index is 1.60. The second-order valence-electron chi connectivity index (χ2n) is 12.1. The Morgan fingerprint density at radius 2 is 1.97 bits per heavy atom. The van der Waals surface area contributed by atoms with Gasteiger partial charge in [-0.05, 0) is 85.1 Å². The van der Waals surface area contributed by atoms with Crippen LogP contribution in [0.15, 0.2) is 17.7 Å². The van der Waals surface area contributed by atoms with Gasteiger partial charge < -0.3 is 24.6 Å². The number of carboxylic acids is 1. The standard InChI is InChI=1S/C30H41NO6S/c1-20-5-7-21(8-6-20)27(32)31(25-17-24(11-13-29(2,3)4)38-26(25)28(33)34)22-9-14-30(35,15-10-22)19-37-23-12-16-36-18-23/h5,17,21-23,35H,6-10,12,14-16,18-19H2,1-4H3,(H,33,34)/t21-,22-,23+,30+/m1/s1. The van der Waals surface area contributed by atoms with Crippen LogP contribution >= 0.6 is 11.3 Å². The van der Waals surface area contributed by atoms with Crippen molar-refractivity contribution < 1.29 is 29.3 Å². The van der Waals surface area contributed by atoms with Crippen molar-refractivity contribution in [2.45, 2.75) is 96.8 Å². The van der Waals surface area contributed by atoms with E-state index in [1.807, 2.05) is 20.8 Å². The summed E-state index contributed by atoms with van der Waals surface area (Å²) in [7, 11) is 0. The van der Waals surface area contributed by atoms with Crippen LogP contribution in [0.4, 0.5) is 5.69 Å². The Morgan fingerprint density at radius 1 is 1.24 bits per heavy atom. The third kappa shape index (κ3) is 7.26. The fourth-order valence-corrected chi connectivity index (χ4v) is 6.21. The number of allylic oxidation sites excluding steroid dienone is 2. The van der Waals surface area contributed by atoms with E-state index in [-0.39, 0.29) is 40.9 Å². The van der Waals surface area contributed by atoms with E-state index in [0.717, 1.165) is 30.6 Å². The zero-order chi connectivity index (χ0) is 27.5. The molecule has 1 aromatic heterocycles. The Labute approximate surface area is 230 Å². The summed E-state index contributed by atoms with van der Waals surface area (Å²) in [6, 6.07) is 1.58. The largest absolute Gasteiger partial charge is 0.477 e. The first-order valence-electron chi connectivity index (χ1n) is 13.7. The maximum Gasteiger partial charge on any atom is 0.348 e. The summed E-state index contributed by atoms with van der Waals surface area (Å²) in [4.78, 5) is 28.9. The zero-order valence-corrected chi connectivity index (χ0v) is 23.9. The van der Waals surface area contributed by atoms with Crippen LogP contribution in [0.2, 0.25) is 0 Å². The minimum Gasteiger partial charge on any atom is -0.477 e. The van der Waals surface area contributed by atoms with Gasteiger partial charge in [0.05, 0.1) is 35.5 Å². The molecule has 0 unspecified atom stereocenters. The van der Waals surface area contributed by atoms with Crippen LogP contribution < -0.4 is 4.90 Å². The van der Waals surface area contributed by atoms with Gasteiger partial charge in [0.1, 0.15) is 4.88 Å². The molecule has 38 heavy (non-hydrogen) atoms. The number of hydrogen-bond donors (Lipinski definition) is 2. The number of thiophene rings is 1. The smallest absolute Gasteiger partial charge is 0.348 e. The van der Waals surface area contributed by atoms with Gasteiger partial charge in [0, 0.05) is 24.0 Å². The number of rotatable bonds is 7. The lowest BCUT2D eigenvalue weighted by atomic mass is 9.81. The first kappa shape index (κ1) is 28.8. The van der Waals surface area contributed by atoms with Crippen molar-refractivity contribution in [2.24, 2.45) is 11.3 Å². The molecule has 8 heteroatoms. The Bertz CT molecular complexity index is 1110. The number of amides is 1. The minimum absolute atomic E-state index is 0.0224. The second kappa shape index (κ2) is 11.9. The number of carbonyl (C=O) groups is 2. The molecule has 2 heterocycles. The van der Waals surface area contributed by atoms with Gasteiger partial charge in [-0.1, -0.05) is 23.5 Å². The van der Waals surface area contributed by atoms with E-state index in [9.17, 15) is 19.8 Å². The molecule has 0 spiro atoms. The highest BCUT2D eigenvalue weighted by Gasteiger charge is 2.41. The molecular weight excluding hydrogens is 502 g/mol. The third-order valence-corrected chi connectivity index (χ3v) is 8.71. The molecule has 1 aliphatic heterocycles. The van der Waals surface area contributed by atoms with Crippen molar-refractivity contribution in [3.8, 4) is 11.8 Å². The molecule has 0 aromatic carbocycles. The van der Waals surface area contributed by atoms with Crippen LogP contribution in [0.5, 0.6) is 0 Å². The highest BCUT2D eigenvalue weighted by molar-refractivity contribution is 7.15. The second-order valence-corrected chi connectivity index (χ2v) is 13.2. The first-order chi connectivity index (χ1) is 17.9.